The molecule has 18 heavy (non-hydrogen) atoms. The highest BCUT2D eigenvalue weighted by molar-refractivity contribution is 4.74. The summed E-state index contributed by atoms with van der Waals surface area (Å²) < 4.78 is 0. The first-order valence-corrected chi connectivity index (χ1v) is 8.33. The van der Waals surface area contributed by atoms with Gasteiger partial charge in [-0.3, -0.25) is 0 Å². The summed E-state index contributed by atoms with van der Waals surface area (Å²) in [5.41, 5.74) is 0. The predicted octanol–water partition coefficient (Wildman–Crippen LogP) is 3.37. The summed E-state index contributed by atoms with van der Waals surface area (Å²) in [6.07, 6.45) is 11.5. The van der Waals surface area contributed by atoms with Gasteiger partial charge in [0.25, 0.3) is 0 Å². The summed E-state index contributed by atoms with van der Waals surface area (Å²) in [6.45, 7) is 10.4. The maximum atomic E-state index is 2.71. The minimum atomic E-state index is 1.04. The van der Waals surface area contributed by atoms with Crippen LogP contribution in [0.4, 0.5) is 0 Å². The van der Waals surface area contributed by atoms with Gasteiger partial charge in [0.05, 0.1) is 0 Å². The van der Waals surface area contributed by atoms with Crippen LogP contribution in [0.1, 0.15) is 58.3 Å². The number of unbranched alkanes of at least 4 members (excludes halogenated alkanes) is 1. The lowest BCUT2D eigenvalue weighted by Gasteiger charge is -2.34. The first-order valence-electron chi connectivity index (χ1n) is 8.33. The molecule has 0 aliphatic carbocycles. The van der Waals surface area contributed by atoms with Crippen LogP contribution in [0.5, 0.6) is 0 Å². The van der Waals surface area contributed by atoms with E-state index in [4.69, 9.17) is 0 Å². The van der Waals surface area contributed by atoms with Crippen LogP contribution in [0.25, 0.3) is 0 Å². The Kier molecular flexibility index (Phi) is 6.50. The zero-order chi connectivity index (χ0) is 12.6. The van der Waals surface area contributed by atoms with Crippen molar-refractivity contribution < 1.29 is 0 Å². The number of likely N-dealkylation sites (tertiary alicyclic amines) is 2. The van der Waals surface area contributed by atoms with Crippen molar-refractivity contribution in [3.05, 3.63) is 0 Å². The smallest absolute Gasteiger partial charge is 0.0109 e. The molecule has 0 N–H and O–H groups in total. The van der Waals surface area contributed by atoms with Gasteiger partial charge in [-0.25, -0.2) is 0 Å². The topological polar surface area (TPSA) is 6.48 Å². The summed E-state index contributed by atoms with van der Waals surface area (Å²) >= 11 is 0. The Morgan fingerprint density at radius 2 is 1.44 bits per heavy atom. The number of nitrogens with zero attached hydrogens (tertiary/aromatic N) is 2. The lowest BCUT2D eigenvalue weighted by Crippen LogP contribution is -2.41. The number of hydrogen-bond donors (Lipinski definition) is 0. The quantitative estimate of drug-likeness (QED) is 0.715. The molecule has 2 fully saturated rings. The molecule has 106 valence electrons. The Labute approximate surface area is 114 Å². The van der Waals surface area contributed by atoms with Crippen LogP contribution in [0.3, 0.4) is 0 Å². The summed E-state index contributed by atoms with van der Waals surface area (Å²) in [7, 11) is 0. The first kappa shape index (κ1) is 14.3. The molecule has 0 aromatic carbocycles. The van der Waals surface area contributed by atoms with Gasteiger partial charge in [0.15, 0.2) is 0 Å². The van der Waals surface area contributed by atoms with E-state index < -0.39 is 0 Å². The molecule has 0 spiro atoms. The number of rotatable bonds is 6. The molecule has 0 unspecified atom stereocenters. The largest absolute Gasteiger partial charge is 0.302 e. The van der Waals surface area contributed by atoms with Crippen LogP contribution >= 0.6 is 0 Å². The van der Waals surface area contributed by atoms with Crippen LogP contribution in [0, 0.1) is 5.92 Å². The Hall–Kier alpha value is -0.0800. The second kappa shape index (κ2) is 8.16. The molecule has 2 aliphatic heterocycles. The normalized spacial score (nSPS) is 24.5. The maximum Gasteiger partial charge on any atom is 0.0109 e. The van der Waals surface area contributed by atoms with Crippen molar-refractivity contribution in [2.75, 3.05) is 39.3 Å². The second-order valence-corrected chi connectivity index (χ2v) is 6.33. The molecule has 0 radical (unpaired) electrons. The fourth-order valence-corrected chi connectivity index (χ4v) is 3.46. The molecule has 2 saturated heterocycles. The van der Waals surface area contributed by atoms with Gasteiger partial charge in [-0.05, 0) is 57.8 Å². The van der Waals surface area contributed by atoms with Gasteiger partial charge in [-0.15, -0.1) is 0 Å². The molecule has 0 aromatic heterocycles. The van der Waals surface area contributed by atoms with Gasteiger partial charge in [-0.2, -0.15) is 0 Å². The van der Waals surface area contributed by atoms with Crippen molar-refractivity contribution in [1.82, 2.24) is 9.80 Å². The Morgan fingerprint density at radius 1 is 0.833 bits per heavy atom. The van der Waals surface area contributed by atoms with Gasteiger partial charge in [0.2, 0.25) is 0 Å². The molecule has 2 aliphatic rings. The minimum Gasteiger partial charge on any atom is -0.302 e. The van der Waals surface area contributed by atoms with Crippen LogP contribution in [-0.4, -0.2) is 49.1 Å². The van der Waals surface area contributed by atoms with Crippen molar-refractivity contribution in [2.45, 2.75) is 58.3 Å². The van der Waals surface area contributed by atoms with E-state index in [0.29, 0.717) is 0 Å². The zero-order valence-electron chi connectivity index (χ0n) is 12.4. The molecular formula is C16H32N2. The van der Waals surface area contributed by atoms with Crippen LogP contribution in [-0.2, 0) is 0 Å². The highest BCUT2D eigenvalue weighted by Gasteiger charge is 2.19. The zero-order valence-corrected chi connectivity index (χ0v) is 12.4. The van der Waals surface area contributed by atoms with E-state index >= 15 is 0 Å². The van der Waals surface area contributed by atoms with Crippen molar-refractivity contribution in [3.8, 4) is 0 Å². The van der Waals surface area contributed by atoms with E-state index in [0.717, 1.165) is 5.92 Å². The maximum absolute atomic E-state index is 2.71. The first-order chi connectivity index (χ1) is 8.88. The van der Waals surface area contributed by atoms with Crippen LogP contribution in [0.15, 0.2) is 0 Å². The van der Waals surface area contributed by atoms with Gasteiger partial charge >= 0.3 is 0 Å². The summed E-state index contributed by atoms with van der Waals surface area (Å²) in [4.78, 5) is 5.38. The fraction of sp³-hybridized carbons (Fsp3) is 1.00. The molecule has 2 nitrogen and oxygen atoms in total. The molecule has 0 amide bonds. The Morgan fingerprint density at radius 3 is 2.06 bits per heavy atom. The third kappa shape index (κ3) is 4.89. The molecule has 0 aromatic rings. The molecule has 0 saturated carbocycles. The van der Waals surface area contributed by atoms with Crippen molar-refractivity contribution in [3.63, 3.8) is 0 Å². The van der Waals surface area contributed by atoms with Gasteiger partial charge in [-0.1, -0.05) is 32.6 Å². The van der Waals surface area contributed by atoms with E-state index in [1.807, 2.05) is 0 Å². The molecule has 0 bridgehead atoms. The van der Waals surface area contributed by atoms with E-state index in [9.17, 15) is 0 Å². The van der Waals surface area contributed by atoms with E-state index in [1.165, 1.54) is 90.6 Å². The Balaban J connectivity index is 1.55. The summed E-state index contributed by atoms with van der Waals surface area (Å²) in [5.74, 6) is 1.04. The van der Waals surface area contributed by atoms with Crippen molar-refractivity contribution in [2.24, 2.45) is 5.92 Å². The minimum absolute atomic E-state index is 1.04. The Bertz CT molecular complexity index is 203. The van der Waals surface area contributed by atoms with E-state index in [2.05, 4.69) is 16.7 Å². The standard InChI is InChI=1S/C16H32N2/c1-2-3-7-16-8-12-18(13-9-16)15-14-17-10-5-4-6-11-17/h16H,2-15H2,1H3. The molecule has 2 heteroatoms. The summed E-state index contributed by atoms with van der Waals surface area (Å²) in [5, 5.41) is 0. The van der Waals surface area contributed by atoms with Crippen molar-refractivity contribution in [1.29, 1.82) is 0 Å². The SMILES string of the molecule is CCCCC1CCN(CCN2CCCCC2)CC1. The van der Waals surface area contributed by atoms with Gasteiger partial charge in [0.1, 0.15) is 0 Å². The molecule has 2 rings (SSSR count). The van der Waals surface area contributed by atoms with Gasteiger partial charge < -0.3 is 9.80 Å². The van der Waals surface area contributed by atoms with E-state index in [1.54, 1.807) is 0 Å². The highest BCUT2D eigenvalue weighted by atomic mass is 15.2. The number of hydrogen-bond acceptors (Lipinski definition) is 2. The lowest BCUT2D eigenvalue weighted by molar-refractivity contribution is 0.142. The van der Waals surface area contributed by atoms with Gasteiger partial charge in [0, 0.05) is 13.1 Å². The highest BCUT2D eigenvalue weighted by Crippen LogP contribution is 2.22. The third-order valence-electron chi connectivity index (χ3n) is 4.85. The summed E-state index contributed by atoms with van der Waals surface area (Å²) in [6, 6.07) is 0. The lowest BCUT2D eigenvalue weighted by atomic mass is 9.92. The third-order valence-corrected chi connectivity index (χ3v) is 4.85. The second-order valence-electron chi connectivity index (χ2n) is 6.33. The molecule has 0 atom stereocenters. The van der Waals surface area contributed by atoms with Crippen LogP contribution in [0.2, 0.25) is 0 Å². The monoisotopic (exact) mass is 252 g/mol. The molecule has 2 heterocycles. The molecular weight excluding hydrogens is 220 g/mol. The fourth-order valence-electron chi connectivity index (χ4n) is 3.46. The predicted molar refractivity (Wildman–Crippen MR) is 79.0 cm³/mol. The average Bonchev–Trinajstić information content (AvgIpc) is 2.45. The number of piperidine rings is 2. The van der Waals surface area contributed by atoms with Crippen molar-refractivity contribution >= 4 is 0 Å². The van der Waals surface area contributed by atoms with Crippen LogP contribution < -0.4 is 0 Å². The van der Waals surface area contributed by atoms with E-state index in [-0.39, 0.29) is 0 Å². The average molecular weight is 252 g/mol.